The first kappa shape index (κ1) is 20.0. The highest BCUT2D eigenvalue weighted by Gasteiger charge is 2.19. The summed E-state index contributed by atoms with van der Waals surface area (Å²) in [6.45, 7) is 6.31. The van der Waals surface area contributed by atoms with Crippen LogP contribution in [0.5, 0.6) is 0 Å². The molecule has 0 aliphatic heterocycles. The van der Waals surface area contributed by atoms with Crippen molar-refractivity contribution in [3.05, 3.63) is 65.0 Å². The minimum absolute atomic E-state index is 0.0948. The number of tetrazole rings is 1. The first-order valence-corrected chi connectivity index (χ1v) is 9.87. The number of hydrogen-bond acceptors (Lipinski definition) is 5. The zero-order valence-electron chi connectivity index (χ0n) is 16.0. The molecule has 146 valence electrons. The lowest BCUT2D eigenvalue weighted by molar-refractivity contribution is -0.120. The summed E-state index contributed by atoms with van der Waals surface area (Å²) in [6.07, 6.45) is 0.642. The molecule has 0 radical (unpaired) electrons. The number of halogens is 1. The molecule has 0 aliphatic carbocycles. The van der Waals surface area contributed by atoms with Gasteiger partial charge >= 0.3 is 0 Å². The van der Waals surface area contributed by atoms with Crippen LogP contribution in [0.25, 0.3) is 5.69 Å². The molecule has 2 aromatic carbocycles. The van der Waals surface area contributed by atoms with Crippen molar-refractivity contribution >= 4 is 17.7 Å². The van der Waals surface area contributed by atoms with Crippen molar-refractivity contribution in [1.82, 2.24) is 25.5 Å². The molecule has 6 nitrogen and oxygen atoms in total. The maximum absolute atomic E-state index is 12.9. The number of thioether (sulfide) groups is 1. The summed E-state index contributed by atoms with van der Waals surface area (Å²) in [6, 6.07) is 12.4. The second-order valence-electron chi connectivity index (χ2n) is 6.59. The maximum atomic E-state index is 12.9. The summed E-state index contributed by atoms with van der Waals surface area (Å²) >= 11 is 1.31. The molecule has 1 heterocycles. The van der Waals surface area contributed by atoms with E-state index in [4.69, 9.17) is 0 Å². The number of carbonyl (C=O) groups is 1. The quantitative estimate of drug-likeness (QED) is 0.618. The predicted octanol–water partition coefficient (Wildman–Crippen LogP) is 3.26. The first-order chi connectivity index (χ1) is 13.4. The highest BCUT2D eigenvalue weighted by atomic mass is 32.2. The normalized spacial score (nSPS) is 12.0. The molecule has 1 amide bonds. The van der Waals surface area contributed by atoms with Gasteiger partial charge in [-0.1, -0.05) is 36.0 Å². The van der Waals surface area contributed by atoms with Crippen LogP contribution in [0.4, 0.5) is 4.39 Å². The summed E-state index contributed by atoms with van der Waals surface area (Å²) in [5, 5.41) is 15.0. The van der Waals surface area contributed by atoms with Crippen LogP contribution >= 0.6 is 11.8 Å². The summed E-state index contributed by atoms with van der Waals surface area (Å²) in [5.74, 6) is -0.359. The molecule has 0 aliphatic rings. The summed E-state index contributed by atoms with van der Waals surface area (Å²) in [5.41, 5.74) is 4.03. The van der Waals surface area contributed by atoms with Gasteiger partial charge in [0.2, 0.25) is 11.1 Å². The van der Waals surface area contributed by atoms with E-state index in [0.29, 0.717) is 18.1 Å². The van der Waals surface area contributed by atoms with Gasteiger partial charge in [-0.2, -0.15) is 4.68 Å². The third-order valence-electron chi connectivity index (χ3n) is 4.31. The Balaban J connectivity index is 1.59. The second-order valence-corrected chi connectivity index (χ2v) is 7.90. The lowest BCUT2D eigenvalue weighted by Crippen LogP contribution is -2.32. The van der Waals surface area contributed by atoms with Crippen molar-refractivity contribution in [2.75, 3.05) is 6.54 Å². The van der Waals surface area contributed by atoms with Crippen LogP contribution in [-0.4, -0.2) is 37.9 Å². The van der Waals surface area contributed by atoms with Gasteiger partial charge in [-0.15, -0.1) is 5.10 Å². The van der Waals surface area contributed by atoms with Gasteiger partial charge in [-0.3, -0.25) is 4.79 Å². The topological polar surface area (TPSA) is 72.7 Å². The molecule has 1 N–H and O–H groups in total. The molecule has 0 saturated heterocycles. The van der Waals surface area contributed by atoms with Crippen LogP contribution in [0.15, 0.2) is 47.6 Å². The Morgan fingerprint density at radius 3 is 2.71 bits per heavy atom. The molecule has 0 bridgehead atoms. The van der Waals surface area contributed by atoms with Crippen LogP contribution < -0.4 is 5.32 Å². The summed E-state index contributed by atoms with van der Waals surface area (Å²) in [7, 11) is 0. The van der Waals surface area contributed by atoms with E-state index in [0.717, 1.165) is 22.4 Å². The third-order valence-corrected chi connectivity index (χ3v) is 5.34. The average Bonchev–Trinajstić information content (AvgIpc) is 3.13. The van der Waals surface area contributed by atoms with Crippen molar-refractivity contribution < 1.29 is 9.18 Å². The molecule has 3 rings (SSSR count). The van der Waals surface area contributed by atoms with Crippen molar-refractivity contribution in [3.63, 3.8) is 0 Å². The van der Waals surface area contributed by atoms with Gasteiger partial charge in [0.15, 0.2) is 0 Å². The Bertz CT molecular complexity index is 957. The Kier molecular flexibility index (Phi) is 6.41. The number of aryl methyl sites for hydroxylation is 2. The molecule has 8 heteroatoms. The van der Waals surface area contributed by atoms with E-state index in [1.165, 1.54) is 23.9 Å². The minimum Gasteiger partial charge on any atom is -0.355 e. The molecule has 0 unspecified atom stereocenters. The highest BCUT2D eigenvalue weighted by Crippen LogP contribution is 2.25. The number of carbonyl (C=O) groups excluding carboxylic acids is 1. The Labute approximate surface area is 167 Å². The third kappa shape index (κ3) is 4.95. The maximum Gasteiger partial charge on any atom is 0.233 e. The summed E-state index contributed by atoms with van der Waals surface area (Å²) in [4.78, 5) is 12.4. The second kappa shape index (κ2) is 8.97. The van der Waals surface area contributed by atoms with Gasteiger partial charge in [-0.25, -0.2) is 4.39 Å². The zero-order chi connectivity index (χ0) is 20.1. The van der Waals surface area contributed by atoms with Crippen molar-refractivity contribution in [1.29, 1.82) is 0 Å². The molecule has 0 fully saturated rings. The average molecular weight is 399 g/mol. The van der Waals surface area contributed by atoms with Crippen molar-refractivity contribution in [2.45, 2.75) is 37.6 Å². The molecular weight excluding hydrogens is 377 g/mol. The van der Waals surface area contributed by atoms with Crippen molar-refractivity contribution in [2.24, 2.45) is 0 Å². The number of rotatable bonds is 7. The molecule has 0 spiro atoms. The number of nitrogens with zero attached hydrogens (tertiary/aromatic N) is 4. The molecule has 1 aromatic heterocycles. The van der Waals surface area contributed by atoms with Gasteiger partial charge < -0.3 is 5.32 Å². The largest absolute Gasteiger partial charge is 0.355 e. The van der Waals surface area contributed by atoms with Gasteiger partial charge in [0, 0.05) is 6.54 Å². The van der Waals surface area contributed by atoms with Crippen LogP contribution in [0.3, 0.4) is 0 Å². The van der Waals surface area contributed by atoms with Crippen LogP contribution in [-0.2, 0) is 11.2 Å². The van der Waals surface area contributed by atoms with Gasteiger partial charge in [0.25, 0.3) is 0 Å². The fourth-order valence-electron chi connectivity index (χ4n) is 2.69. The van der Waals surface area contributed by atoms with Gasteiger partial charge in [0.1, 0.15) is 5.82 Å². The standard InChI is InChI=1S/C20H22FN5OS/c1-13-4-5-14(2)18(12-13)26-20(23-24-25-26)28-15(3)19(27)22-11-10-16-6-8-17(21)9-7-16/h4-9,12,15H,10-11H2,1-3H3,(H,22,27)/t15-/m1/s1. The van der Waals surface area contributed by atoms with Crippen molar-refractivity contribution in [3.8, 4) is 5.69 Å². The Hall–Kier alpha value is -2.74. The number of nitrogens with one attached hydrogen (secondary N) is 1. The van der Waals surface area contributed by atoms with E-state index in [9.17, 15) is 9.18 Å². The molecule has 0 saturated carbocycles. The molecule has 28 heavy (non-hydrogen) atoms. The first-order valence-electron chi connectivity index (χ1n) is 8.99. The molecule has 3 aromatic rings. The SMILES string of the molecule is Cc1ccc(C)c(-n2nnnc2S[C@H](C)C(=O)NCCc2ccc(F)cc2)c1. The zero-order valence-corrected chi connectivity index (χ0v) is 16.8. The molecular formula is C20H22FN5OS. The van der Waals surface area contributed by atoms with Crippen LogP contribution in [0, 0.1) is 19.7 Å². The number of benzene rings is 2. The Morgan fingerprint density at radius 2 is 1.96 bits per heavy atom. The van der Waals surface area contributed by atoms with E-state index < -0.39 is 0 Å². The lowest BCUT2D eigenvalue weighted by Gasteiger charge is -2.13. The van der Waals surface area contributed by atoms with E-state index in [-0.39, 0.29) is 17.0 Å². The van der Waals surface area contributed by atoms with Crippen LogP contribution in [0.1, 0.15) is 23.6 Å². The minimum atomic E-state index is -0.358. The molecule has 1 atom stereocenters. The number of aromatic nitrogens is 4. The van der Waals surface area contributed by atoms with Gasteiger partial charge in [0.05, 0.1) is 10.9 Å². The van der Waals surface area contributed by atoms with Gasteiger partial charge in [-0.05, 0) is 72.5 Å². The van der Waals surface area contributed by atoms with E-state index in [1.807, 2.05) is 39.0 Å². The van der Waals surface area contributed by atoms with E-state index in [2.05, 4.69) is 20.8 Å². The predicted molar refractivity (Wildman–Crippen MR) is 107 cm³/mol. The van der Waals surface area contributed by atoms with E-state index in [1.54, 1.807) is 16.8 Å². The lowest BCUT2D eigenvalue weighted by atomic mass is 10.1. The number of hydrogen-bond donors (Lipinski definition) is 1. The monoisotopic (exact) mass is 399 g/mol. The fourth-order valence-corrected chi connectivity index (χ4v) is 3.51. The number of amides is 1. The summed E-state index contributed by atoms with van der Waals surface area (Å²) < 4.78 is 14.6. The fraction of sp³-hybridized carbons (Fsp3) is 0.300. The Morgan fingerprint density at radius 1 is 1.21 bits per heavy atom. The van der Waals surface area contributed by atoms with E-state index >= 15 is 0 Å². The van der Waals surface area contributed by atoms with Crippen LogP contribution in [0.2, 0.25) is 0 Å². The smallest absolute Gasteiger partial charge is 0.233 e. The highest BCUT2D eigenvalue weighted by molar-refractivity contribution is 8.00.